The molecule has 1 aromatic carbocycles. The number of piperidine rings is 1. The summed E-state index contributed by atoms with van der Waals surface area (Å²) in [5, 5.41) is 3.44. The molecule has 0 spiro atoms. The standard InChI is InChI=1S/C36H51NO3/c1-5-7-27-12-14-28(15-13-27)8-6-9-29-22-30(34-17-11-26(3)39-34)16-10-25(2)32-23-36(35(38-4)24-33(29)32)40-31-18-20-37-21-19-31/h11,16-17,22-25,27-28,31,37H,5-10,12-15,18-21H2,1-4H3/b29-22-,30-16-. The second kappa shape index (κ2) is 13.9. The summed E-state index contributed by atoms with van der Waals surface area (Å²) in [6.45, 7) is 8.73. The van der Waals surface area contributed by atoms with Crippen LogP contribution in [0.25, 0.3) is 11.1 Å². The van der Waals surface area contributed by atoms with Crippen molar-refractivity contribution in [2.45, 2.75) is 110 Å². The van der Waals surface area contributed by atoms with E-state index in [-0.39, 0.29) is 6.10 Å². The first-order valence-corrected chi connectivity index (χ1v) is 16.1. The van der Waals surface area contributed by atoms with Crippen molar-refractivity contribution in [2.75, 3.05) is 20.2 Å². The zero-order valence-corrected chi connectivity index (χ0v) is 25.4. The summed E-state index contributed by atoms with van der Waals surface area (Å²) < 4.78 is 18.6. The molecule has 2 aromatic rings. The highest BCUT2D eigenvalue weighted by molar-refractivity contribution is 5.85. The molecule has 218 valence electrons. The van der Waals surface area contributed by atoms with Gasteiger partial charge in [-0.15, -0.1) is 0 Å². The molecule has 0 bridgehead atoms. The van der Waals surface area contributed by atoms with E-state index in [2.05, 4.69) is 55.6 Å². The second-order valence-electron chi connectivity index (χ2n) is 12.6. The van der Waals surface area contributed by atoms with Gasteiger partial charge in [-0.3, -0.25) is 0 Å². The van der Waals surface area contributed by atoms with Gasteiger partial charge in [-0.25, -0.2) is 0 Å². The Morgan fingerprint density at radius 1 is 0.950 bits per heavy atom. The van der Waals surface area contributed by atoms with Gasteiger partial charge < -0.3 is 19.2 Å². The van der Waals surface area contributed by atoms with Crippen molar-refractivity contribution in [3.8, 4) is 11.5 Å². The van der Waals surface area contributed by atoms with E-state index in [1.54, 1.807) is 7.11 Å². The van der Waals surface area contributed by atoms with Crippen molar-refractivity contribution in [3.05, 3.63) is 59.1 Å². The zero-order chi connectivity index (χ0) is 27.9. The second-order valence-corrected chi connectivity index (χ2v) is 12.6. The molecule has 1 N–H and O–H groups in total. The van der Waals surface area contributed by atoms with Gasteiger partial charge >= 0.3 is 0 Å². The molecule has 1 saturated heterocycles. The van der Waals surface area contributed by atoms with Crippen LogP contribution in [0.2, 0.25) is 0 Å². The molecule has 1 atom stereocenters. The molecule has 40 heavy (non-hydrogen) atoms. The highest BCUT2D eigenvalue weighted by Crippen LogP contribution is 2.43. The van der Waals surface area contributed by atoms with Crippen LogP contribution in [0.5, 0.6) is 11.5 Å². The summed E-state index contributed by atoms with van der Waals surface area (Å²) in [6.07, 6.45) is 20.1. The Balaban J connectivity index is 1.41. The van der Waals surface area contributed by atoms with Crippen LogP contribution >= 0.6 is 0 Å². The average Bonchev–Trinajstić information content (AvgIpc) is 3.41. The normalized spacial score (nSPS) is 26.6. The van der Waals surface area contributed by atoms with Crippen molar-refractivity contribution in [2.24, 2.45) is 11.8 Å². The van der Waals surface area contributed by atoms with Crippen molar-refractivity contribution >= 4 is 11.1 Å². The number of ether oxygens (including phenoxy) is 2. The molecule has 2 aliphatic carbocycles. The number of benzene rings is 1. The highest BCUT2D eigenvalue weighted by atomic mass is 16.5. The fourth-order valence-corrected chi connectivity index (χ4v) is 7.13. The van der Waals surface area contributed by atoms with Gasteiger partial charge in [-0.05, 0) is 117 Å². The van der Waals surface area contributed by atoms with Crippen LogP contribution in [0.3, 0.4) is 0 Å². The Hall–Kier alpha value is -2.46. The van der Waals surface area contributed by atoms with Crippen molar-refractivity contribution in [1.29, 1.82) is 0 Å². The predicted octanol–water partition coefficient (Wildman–Crippen LogP) is 9.48. The summed E-state index contributed by atoms with van der Waals surface area (Å²) in [5.41, 5.74) is 5.30. The van der Waals surface area contributed by atoms with Crippen molar-refractivity contribution in [3.63, 3.8) is 0 Å². The zero-order valence-electron chi connectivity index (χ0n) is 25.4. The molecule has 4 heteroatoms. The van der Waals surface area contributed by atoms with Gasteiger partial charge in [0, 0.05) is 5.57 Å². The van der Waals surface area contributed by atoms with Gasteiger partial charge in [0.1, 0.15) is 17.6 Å². The number of fused-ring (bicyclic) bond motifs is 1. The third kappa shape index (κ3) is 7.24. The van der Waals surface area contributed by atoms with E-state index in [0.717, 1.165) is 73.6 Å². The summed E-state index contributed by atoms with van der Waals surface area (Å²) >= 11 is 0. The predicted molar refractivity (Wildman–Crippen MR) is 166 cm³/mol. The van der Waals surface area contributed by atoms with E-state index >= 15 is 0 Å². The number of methoxy groups -OCH3 is 1. The number of allylic oxidation sites excluding steroid dienone is 4. The lowest BCUT2D eigenvalue weighted by Gasteiger charge is -2.29. The number of nitrogens with one attached hydrogen (secondary N) is 1. The van der Waals surface area contributed by atoms with E-state index in [9.17, 15) is 0 Å². The van der Waals surface area contributed by atoms with Gasteiger partial charge in [0.2, 0.25) is 0 Å². The molecule has 3 aliphatic rings. The quantitative estimate of drug-likeness (QED) is 0.323. The van der Waals surface area contributed by atoms with Crippen molar-refractivity contribution < 1.29 is 13.9 Å². The van der Waals surface area contributed by atoms with Gasteiger partial charge in [0.05, 0.1) is 7.11 Å². The maximum absolute atomic E-state index is 6.56. The maximum atomic E-state index is 6.56. The summed E-state index contributed by atoms with van der Waals surface area (Å²) in [6, 6.07) is 8.75. The molecule has 2 fully saturated rings. The summed E-state index contributed by atoms with van der Waals surface area (Å²) in [4.78, 5) is 0. The average molecular weight is 546 g/mol. The molecule has 0 amide bonds. The topological polar surface area (TPSA) is 43.6 Å². The minimum atomic E-state index is 0.244. The van der Waals surface area contributed by atoms with E-state index in [4.69, 9.17) is 13.9 Å². The maximum Gasteiger partial charge on any atom is 0.161 e. The fourth-order valence-electron chi connectivity index (χ4n) is 7.13. The lowest BCUT2D eigenvalue weighted by molar-refractivity contribution is 0.156. The Labute approximate surface area is 242 Å². The number of furan rings is 1. The van der Waals surface area contributed by atoms with Crippen LogP contribution < -0.4 is 14.8 Å². The molecule has 1 aromatic heterocycles. The molecule has 5 rings (SSSR count). The van der Waals surface area contributed by atoms with Gasteiger partial charge in [0.15, 0.2) is 11.5 Å². The van der Waals surface area contributed by atoms with Crippen LogP contribution in [0.4, 0.5) is 0 Å². The molecule has 2 heterocycles. The summed E-state index contributed by atoms with van der Waals surface area (Å²) in [7, 11) is 1.78. The smallest absolute Gasteiger partial charge is 0.161 e. The first-order valence-electron chi connectivity index (χ1n) is 16.1. The van der Waals surface area contributed by atoms with E-state index in [1.165, 1.54) is 73.6 Å². The van der Waals surface area contributed by atoms with E-state index < -0.39 is 0 Å². The molecule has 1 saturated carbocycles. The van der Waals surface area contributed by atoms with Gasteiger partial charge in [-0.1, -0.05) is 64.9 Å². The monoisotopic (exact) mass is 545 g/mol. The number of hydrogen-bond acceptors (Lipinski definition) is 4. The SMILES string of the molecule is CCCC1CCC(CCC/C2=C/C(c3ccc(C)o3)=C/CC(C)c3cc(OC4CCNCC4)c(OC)cc32)CC1. The molecule has 1 unspecified atom stereocenters. The Morgan fingerprint density at radius 3 is 2.38 bits per heavy atom. The molecular weight excluding hydrogens is 494 g/mol. The first kappa shape index (κ1) is 29.0. The van der Waals surface area contributed by atoms with Gasteiger partial charge in [-0.2, -0.15) is 0 Å². The third-order valence-electron chi connectivity index (χ3n) is 9.56. The first-order chi connectivity index (χ1) is 19.5. The Kier molecular flexibility index (Phi) is 10.1. The van der Waals surface area contributed by atoms with E-state index in [0.29, 0.717) is 5.92 Å². The van der Waals surface area contributed by atoms with Crippen LogP contribution in [0.15, 0.2) is 40.8 Å². The molecule has 0 radical (unpaired) electrons. The number of aryl methyl sites for hydroxylation is 1. The minimum absolute atomic E-state index is 0.244. The largest absolute Gasteiger partial charge is 0.493 e. The van der Waals surface area contributed by atoms with Crippen LogP contribution in [0, 0.1) is 18.8 Å². The lowest BCUT2D eigenvalue weighted by Crippen LogP contribution is -2.34. The number of rotatable bonds is 10. The van der Waals surface area contributed by atoms with Gasteiger partial charge in [0.25, 0.3) is 0 Å². The Morgan fingerprint density at radius 2 is 1.70 bits per heavy atom. The number of hydrogen-bond donors (Lipinski definition) is 1. The van der Waals surface area contributed by atoms with Crippen LogP contribution in [-0.2, 0) is 0 Å². The fraction of sp³-hybridized carbons (Fsp3) is 0.611. The van der Waals surface area contributed by atoms with Crippen molar-refractivity contribution in [1.82, 2.24) is 5.32 Å². The molecular formula is C36H51NO3. The Bertz CT molecular complexity index is 1160. The summed E-state index contributed by atoms with van der Waals surface area (Å²) in [5.74, 6) is 5.91. The molecule has 4 nitrogen and oxygen atoms in total. The minimum Gasteiger partial charge on any atom is -0.493 e. The highest BCUT2D eigenvalue weighted by Gasteiger charge is 2.25. The molecule has 1 aliphatic heterocycles. The third-order valence-corrected chi connectivity index (χ3v) is 9.56. The van der Waals surface area contributed by atoms with Crippen LogP contribution in [0.1, 0.15) is 119 Å². The lowest BCUT2D eigenvalue weighted by atomic mass is 9.77. The van der Waals surface area contributed by atoms with E-state index in [1.807, 2.05) is 6.92 Å². The van der Waals surface area contributed by atoms with Crippen LogP contribution in [-0.4, -0.2) is 26.3 Å².